The molecule has 0 aromatic carbocycles. The van der Waals surface area contributed by atoms with Crippen LogP contribution in [0.3, 0.4) is 0 Å². The third kappa shape index (κ3) is 2.95. The first kappa shape index (κ1) is 13.6. The number of imidazole rings is 1. The molecule has 0 N–H and O–H groups in total. The predicted octanol–water partition coefficient (Wildman–Crippen LogP) is 3.78. The summed E-state index contributed by atoms with van der Waals surface area (Å²) in [6.07, 6.45) is 5.16. The number of aromatic nitrogens is 4. The van der Waals surface area contributed by atoms with Gasteiger partial charge in [0.1, 0.15) is 5.52 Å². The van der Waals surface area contributed by atoms with Gasteiger partial charge in [-0.2, -0.15) is 0 Å². The Balaban J connectivity index is 2.34. The molecule has 0 radical (unpaired) electrons. The second-order valence-corrected chi connectivity index (χ2v) is 5.53. The van der Waals surface area contributed by atoms with E-state index >= 15 is 0 Å². The molecule has 0 aliphatic carbocycles. The van der Waals surface area contributed by atoms with E-state index in [1.165, 1.54) is 0 Å². The molecule has 2 aromatic heterocycles. The molecule has 4 nitrogen and oxygen atoms in total. The lowest BCUT2D eigenvalue weighted by Gasteiger charge is -2.04. The molecule has 0 unspecified atom stereocenters. The number of unbranched alkanes of at least 4 members (excludes halogenated alkanes) is 1. The summed E-state index contributed by atoms with van der Waals surface area (Å²) in [7, 11) is 0. The lowest BCUT2D eigenvalue weighted by molar-refractivity contribution is 0.640. The Kier molecular flexibility index (Phi) is 4.83. The van der Waals surface area contributed by atoms with E-state index in [-0.39, 0.29) is 0 Å². The zero-order valence-electron chi connectivity index (χ0n) is 10.7. The number of hydrogen-bond acceptors (Lipinski definition) is 4. The minimum Gasteiger partial charge on any atom is -0.315 e. The molecule has 2 rings (SSSR count). The van der Waals surface area contributed by atoms with Crippen molar-refractivity contribution in [2.45, 2.75) is 44.8 Å². The maximum atomic E-state index is 6.15. The van der Waals surface area contributed by atoms with E-state index in [0.717, 1.165) is 42.4 Å². The molecule has 0 atom stereocenters. The SMILES string of the molecule is CCCCn1cnc2c(Cl)nc(SCCC)nc21. The summed E-state index contributed by atoms with van der Waals surface area (Å²) in [6, 6.07) is 0. The molecule has 0 fully saturated rings. The highest BCUT2D eigenvalue weighted by Gasteiger charge is 2.11. The zero-order valence-corrected chi connectivity index (χ0v) is 12.3. The Labute approximate surface area is 116 Å². The van der Waals surface area contributed by atoms with Crippen molar-refractivity contribution in [2.24, 2.45) is 0 Å². The minimum atomic E-state index is 0.453. The van der Waals surface area contributed by atoms with Gasteiger partial charge in [0.2, 0.25) is 0 Å². The summed E-state index contributed by atoms with van der Waals surface area (Å²) in [4.78, 5) is 13.1. The average molecular weight is 285 g/mol. The van der Waals surface area contributed by atoms with E-state index in [2.05, 4.69) is 33.4 Å². The van der Waals surface area contributed by atoms with Crippen molar-refractivity contribution in [3.63, 3.8) is 0 Å². The van der Waals surface area contributed by atoms with Crippen molar-refractivity contribution in [1.82, 2.24) is 19.5 Å². The molecule has 0 saturated carbocycles. The number of halogens is 1. The summed E-state index contributed by atoms with van der Waals surface area (Å²) in [5.74, 6) is 1.00. The van der Waals surface area contributed by atoms with Crippen LogP contribution in [0.25, 0.3) is 11.2 Å². The van der Waals surface area contributed by atoms with E-state index in [1.807, 2.05) is 0 Å². The fraction of sp³-hybridized carbons (Fsp3) is 0.583. The summed E-state index contributed by atoms with van der Waals surface area (Å²) >= 11 is 7.79. The quantitative estimate of drug-likeness (QED) is 0.460. The van der Waals surface area contributed by atoms with Gasteiger partial charge < -0.3 is 4.57 Å². The molecule has 98 valence electrons. The first-order valence-electron chi connectivity index (χ1n) is 6.27. The Hall–Kier alpha value is -0.810. The van der Waals surface area contributed by atoms with E-state index < -0.39 is 0 Å². The Morgan fingerprint density at radius 1 is 1.28 bits per heavy atom. The van der Waals surface area contributed by atoms with E-state index in [4.69, 9.17) is 11.6 Å². The summed E-state index contributed by atoms with van der Waals surface area (Å²) < 4.78 is 2.06. The number of fused-ring (bicyclic) bond motifs is 1. The third-order valence-electron chi connectivity index (χ3n) is 2.59. The van der Waals surface area contributed by atoms with Crippen molar-refractivity contribution in [3.8, 4) is 0 Å². The normalized spacial score (nSPS) is 11.3. The maximum absolute atomic E-state index is 6.15. The molecule has 0 aliphatic heterocycles. The monoisotopic (exact) mass is 284 g/mol. The van der Waals surface area contributed by atoms with E-state index in [1.54, 1.807) is 18.1 Å². The summed E-state index contributed by atoms with van der Waals surface area (Å²) in [5, 5.41) is 1.20. The third-order valence-corrected chi connectivity index (χ3v) is 3.91. The molecule has 2 heterocycles. The topological polar surface area (TPSA) is 43.6 Å². The Morgan fingerprint density at radius 3 is 2.83 bits per heavy atom. The van der Waals surface area contributed by atoms with Gasteiger partial charge in [-0.05, 0) is 12.8 Å². The molecule has 2 aromatic rings. The van der Waals surface area contributed by atoms with Gasteiger partial charge in [-0.1, -0.05) is 43.6 Å². The highest BCUT2D eigenvalue weighted by atomic mass is 35.5. The molecule has 0 spiro atoms. The van der Waals surface area contributed by atoms with Crippen molar-refractivity contribution in [1.29, 1.82) is 0 Å². The van der Waals surface area contributed by atoms with Crippen LogP contribution in [0.2, 0.25) is 5.15 Å². The molecule has 6 heteroatoms. The fourth-order valence-corrected chi connectivity index (χ4v) is 2.60. The van der Waals surface area contributed by atoms with Gasteiger partial charge in [0, 0.05) is 12.3 Å². The number of hydrogen-bond donors (Lipinski definition) is 0. The first-order valence-corrected chi connectivity index (χ1v) is 7.63. The minimum absolute atomic E-state index is 0.453. The van der Waals surface area contributed by atoms with Gasteiger partial charge >= 0.3 is 0 Å². The molecule has 18 heavy (non-hydrogen) atoms. The average Bonchev–Trinajstić information content (AvgIpc) is 2.77. The van der Waals surface area contributed by atoms with Gasteiger partial charge in [-0.3, -0.25) is 0 Å². The zero-order chi connectivity index (χ0) is 13.0. The molecule has 0 bridgehead atoms. The van der Waals surface area contributed by atoms with Gasteiger partial charge in [-0.15, -0.1) is 0 Å². The van der Waals surface area contributed by atoms with Gasteiger partial charge in [0.15, 0.2) is 16.0 Å². The van der Waals surface area contributed by atoms with Gasteiger partial charge in [0.05, 0.1) is 6.33 Å². The van der Waals surface area contributed by atoms with Crippen LogP contribution >= 0.6 is 23.4 Å². The van der Waals surface area contributed by atoms with Gasteiger partial charge in [0.25, 0.3) is 0 Å². The number of rotatable bonds is 6. The molecule has 0 saturated heterocycles. The summed E-state index contributed by atoms with van der Waals surface area (Å²) in [6.45, 7) is 5.24. The molecular weight excluding hydrogens is 268 g/mol. The lowest BCUT2D eigenvalue weighted by atomic mass is 10.3. The van der Waals surface area contributed by atoms with Crippen molar-refractivity contribution < 1.29 is 0 Å². The van der Waals surface area contributed by atoms with Crippen LogP contribution in [0.4, 0.5) is 0 Å². The first-order chi connectivity index (χ1) is 8.76. The number of aryl methyl sites for hydroxylation is 1. The number of nitrogens with zero attached hydrogens (tertiary/aromatic N) is 4. The number of thioether (sulfide) groups is 1. The maximum Gasteiger partial charge on any atom is 0.191 e. The van der Waals surface area contributed by atoms with Crippen LogP contribution in [0.1, 0.15) is 33.1 Å². The second kappa shape index (κ2) is 6.38. The van der Waals surface area contributed by atoms with Crippen molar-refractivity contribution in [2.75, 3.05) is 5.75 Å². The smallest absolute Gasteiger partial charge is 0.191 e. The molecule has 0 aliphatic rings. The van der Waals surface area contributed by atoms with Crippen LogP contribution in [0, 0.1) is 0 Å². The summed E-state index contributed by atoms with van der Waals surface area (Å²) in [5.41, 5.74) is 1.55. The van der Waals surface area contributed by atoms with Crippen molar-refractivity contribution in [3.05, 3.63) is 11.5 Å². The van der Waals surface area contributed by atoms with Crippen LogP contribution in [-0.2, 0) is 6.54 Å². The Bertz CT molecular complexity index is 526. The van der Waals surface area contributed by atoms with Crippen LogP contribution in [-0.4, -0.2) is 25.3 Å². The predicted molar refractivity (Wildman–Crippen MR) is 76.3 cm³/mol. The standard InChI is InChI=1S/C12H17ClN4S/c1-3-5-6-17-8-14-9-10(13)15-12(16-11(9)17)18-7-4-2/h8H,3-7H2,1-2H3. The van der Waals surface area contributed by atoms with E-state index in [0.29, 0.717) is 10.7 Å². The van der Waals surface area contributed by atoms with Crippen LogP contribution < -0.4 is 0 Å². The van der Waals surface area contributed by atoms with Crippen LogP contribution in [0.15, 0.2) is 11.5 Å². The highest BCUT2D eigenvalue weighted by Crippen LogP contribution is 2.23. The van der Waals surface area contributed by atoms with Gasteiger partial charge in [-0.25, -0.2) is 15.0 Å². The lowest BCUT2D eigenvalue weighted by Crippen LogP contribution is -1.99. The second-order valence-electron chi connectivity index (χ2n) is 4.11. The van der Waals surface area contributed by atoms with Crippen LogP contribution in [0.5, 0.6) is 0 Å². The van der Waals surface area contributed by atoms with Crippen molar-refractivity contribution >= 4 is 34.5 Å². The largest absolute Gasteiger partial charge is 0.315 e. The fourth-order valence-electron chi connectivity index (χ4n) is 1.64. The Morgan fingerprint density at radius 2 is 2.11 bits per heavy atom. The molecule has 0 amide bonds. The highest BCUT2D eigenvalue weighted by molar-refractivity contribution is 7.99. The van der Waals surface area contributed by atoms with E-state index in [9.17, 15) is 0 Å². The molecular formula is C12H17ClN4S.